The number of amides is 1. The van der Waals surface area contributed by atoms with Gasteiger partial charge in [-0.15, -0.1) is 0 Å². The highest BCUT2D eigenvalue weighted by Gasteiger charge is 2.40. The van der Waals surface area contributed by atoms with Crippen molar-refractivity contribution in [3.8, 4) is 11.5 Å². The number of ketones is 1. The van der Waals surface area contributed by atoms with Crippen molar-refractivity contribution in [2.45, 2.75) is 31.3 Å². The molecule has 2 rings (SSSR count). The summed E-state index contributed by atoms with van der Waals surface area (Å²) in [5, 5.41) is 14.0. The highest BCUT2D eigenvalue weighted by molar-refractivity contribution is 6.03. The minimum Gasteiger partial charge on any atom is -0.497 e. The average molecular weight is 445 g/mol. The largest absolute Gasteiger partial charge is 0.497 e. The Bertz CT molecular complexity index is 854. The molecule has 0 fully saturated rings. The molecule has 0 saturated carbocycles. The number of methoxy groups -OCH3 is 2. The summed E-state index contributed by atoms with van der Waals surface area (Å²) in [5.74, 6) is 0.554. The second-order valence-corrected chi connectivity index (χ2v) is 7.35. The molecule has 1 amide bonds. The molecule has 0 heterocycles. The van der Waals surface area contributed by atoms with Gasteiger partial charge < -0.3 is 30.4 Å². The Kier molecular flexibility index (Phi) is 9.97. The monoisotopic (exact) mass is 444 g/mol. The van der Waals surface area contributed by atoms with Crippen LogP contribution in [0, 0.1) is 0 Å². The first kappa shape index (κ1) is 25.2. The van der Waals surface area contributed by atoms with Gasteiger partial charge in [0, 0.05) is 12.1 Å². The molecule has 4 N–H and O–H groups in total. The number of unbranched alkanes of at least 4 members (excludes halogenated alkanes) is 3. The predicted octanol–water partition coefficient (Wildman–Crippen LogP) is 3.02. The van der Waals surface area contributed by atoms with Gasteiger partial charge in [0.15, 0.2) is 5.60 Å². The lowest BCUT2D eigenvalue weighted by Crippen LogP contribution is -2.42. The molecule has 8 heteroatoms. The van der Waals surface area contributed by atoms with Crippen molar-refractivity contribution in [2.24, 2.45) is 5.73 Å². The number of carbonyl (C=O) groups excluding carboxylic acids is 2. The maximum absolute atomic E-state index is 13.3. The summed E-state index contributed by atoms with van der Waals surface area (Å²) >= 11 is 0. The van der Waals surface area contributed by atoms with Gasteiger partial charge >= 0.3 is 6.09 Å². The van der Waals surface area contributed by atoms with Crippen LogP contribution in [0.15, 0.2) is 48.5 Å². The van der Waals surface area contributed by atoms with Crippen LogP contribution >= 0.6 is 0 Å². The first-order valence-corrected chi connectivity index (χ1v) is 10.6. The van der Waals surface area contributed by atoms with Crippen molar-refractivity contribution in [1.29, 1.82) is 0 Å². The molecular weight excluding hydrogens is 412 g/mol. The molecule has 0 bridgehead atoms. The lowest BCUT2D eigenvalue weighted by atomic mass is 9.86. The van der Waals surface area contributed by atoms with E-state index in [0.29, 0.717) is 24.6 Å². The summed E-state index contributed by atoms with van der Waals surface area (Å²) in [5.41, 5.74) is 3.94. The third-order valence-corrected chi connectivity index (χ3v) is 5.11. The number of hydrogen-bond acceptors (Lipinski definition) is 7. The summed E-state index contributed by atoms with van der Waals surface area (Å²) in [4.78, 5) is 25.4. The Labute approximate surface area is 188 Å². The maximum atomic E-state index is 13.3. The van der Waals surface area contributed by atoms with Gasteiger partial charge in [0.05, 0.1) is 14.2 Å². The minimum atomic E-state index is -2.07. The van der Waals surface area contributed by atoms with Gasteiger partial charge in [-0.25, -0.2) is 4.79 Å². The van der Waals surface area contributed by atoms with E-state index < -0.39 is 24.1 Å². The van der Waals surface area contributed by atoms with E-state index in [1.54, 1.807) is 48.5 Å². The van der Waals surface area contributed by atoms with Crippen LogP contribution in [0.3, 0.4) is 0 Å². The minimum absolute atomic E-state index is 0.257. The quantitative estimate of drug-likeness (QED) is 0.321. The number of rotatable bonds is 13. The number of Topliss-reactive ketones (excluding diaryl/α,β-unsaturated/α-hetero) is 1. The van der Waals surface area contributed by atoms with E-state index in [4.69, 9.17) is 19.9 Å². The standard InChI is InChI=1S/C24H32N2O6/c1-30-20-11-7-18(8-12-20)22(27)24(29,19-9-13-21(31-2)14-10-19)17-32-23(28)26-16-6-4-3-5-15-25/h7-14,29H,3-6,15-17,25H2,1-2H3,(H,26,28). The Hall–Kier alpha value is -3.10. The van der Waals surface area contributed by atoms with Gasteiger partial charge in [-0.2, -0.15) is 0 Å². The molecule has 0 aromatic heterocycles. The third kappa shape index (κ3) is 6.96. The molecule has 1 unspecified atom stereocenters. The van der Waals surface area contributed by atoms with Crippen molar-refractivity contribution in [1.82, 2.24) is 5.32 Å². The summed E-state index contributed by atoms with van der Waals surface area (Å²) in [6, 6.07) is 12.7. The molecule has 0 aliphatic carbocycles. The van der Waals surface area contributed by atoms with Crippen LogP contribution in [0.5, 0.6) is 11.5 Å². The molecule has 0 saturated heterocycles. The van der Waals surface area contributed by atoms with E-state index in [9.17, 15) is 14.7 Å². The van der Waals surface area contributed by atoms with E-state index in [-0.39, 0.29) is 11.1 Å². The Morgan fingerprint density at radius 1 is 0.906 bits per heavy atom. The average Bonchev–Trinajstić information content (AvgIpc) is 2.84. The van der Waals surface area contributed by atoms with E-state index in [1.807, 2.05) is 0 Å². The zero-order valence-corrected chi connectivity index (χ0v) is 18.6. The second-order valence-electron chi connectivity index (χ2n) is 7.35. The van der Waals surface area contributed by atoms with Gasteiger partial charge in [0.2, 0.25) is 5.78 Å². The fourth-order valence-corrected chi connectivity index (χ4v) is 3.16. The van der Waals surface area contributed by atoms with Gasteiger partial charge in [-0.3, -0.25) is 4.79 Å². The van der Waals surface area contributed by atoms with E-state index in [1.165, 1.54) is 14.2 Å². The summed E-state index contributed by atoms with van der Waals surface area (Å²) in [6.07, 6.45) is 3.00. The lowest BCUT2D eigenvalue weighted by molar-refractivity contribution is -0.0103. The number of nitrogens with two attached hydrogens (primary N) is 1. The molecule has 2 aromatic rings. The van der Waals surface area contributed by atoms with E-state index in [2.05, 4.69) is 5.32 Å². The number of carbonyl (C=O) groups is 2. The van der Waals surface area contributed by atoms with Crippen molar-refractivity contribution < 1.29 is 28.9 Å². The number of alkyl carbamates (subject to hydrolysis) is 1. The van der Waals surface area contributed by atoms with Crippen molar-refractivity contribution >= 4 is 11.9 Å². The fourth-order valence-electron chi connectivity index (χ4n) is 3.16. The predicted molar refractivity (Wildman–Crippen MR) is 121 cm³/mol. The maximum Gasteiger partial charge on any atom is 0.407 e. The fraction of sp³-hybridized carbons (Fsp3) is 0.417. The number of aliphatic hydroxyl groups is 1. The zero-order chi connectivity index (χ0) is 23.4. The van der Waals surface area contributed by atoms with E-state index in [0.717, 1.165) is 25.7 Å². The van der Waals surface area contributed by atoms with Gasteiger partial charge in [-0.05, 0) is 61.3 Å². The van der Waals surface area contributed by atoms with Crippen LogP contribution in [0.4, 0.5) is 4.79 Å². The number of hydrogen-bond donors (Lipinski definition) is 3. The van der Waals surface area contributed by atoms with E-state index >= 15 is 0 Å². The van der Waals surface area contributed by atoms with Crippen molar-refractivity contribution in [2.75, 3.05) is 33.9 Å². The topological polar surface area (TPSA) is 120 Å². The molecular formula is C24H32N2O6. The lowest BCUT2D eigenvalue weighted by Gasteiger charge is -2.27. The van der Waals surface area contributed by atoms with Gasteiger partial charge in [-0.1, -0.05) is 25.0 Å². The van der Waals surface area contributed by atoms with Crippen LogP contribution in [0.2, 0.25) is 0 Å². The molecule has 174 valence electrons. The van der Waals surface area contributed by atoms with Gasteiger partial charge in [0.25, 0.3) is 0 Å². The zero-order valence-electron chi connectivity index (χ0n) is 18.6. The molecule has 0 aliphatic heterocycles. The number of ether oxygens (including phenoxy) is 3. The number of nitrogens with one attached hydrogen (secondary N) is 1. The van der Waals surface area contributed by atoms with Crippen LogP contribution < -0.4 is 20.5 Å². The first-order valence-electron chi connectivity index (χ1n) is 10.6. The normalized spacial score (nSPS) is 12.5. The van der Waals surface area contributed by atoms with Gasteiger partial charge in [0.1, 0.15) is 18.1 Å². The van der Waals surface area contributed by atoms with Crippen LogP contribution in [-0.4, -0.2) is 50.9 Å². The molecule has 2 aromatic carbocycles. The molecule has 0 spiro atoms. The SMILES string of the molecule is COc1ccc(C(=O)C(O)(COC(=O)NCCCCCCN)c2ccc(OC)cc2)cc1. The Morgan fingerprint density at radius 2 is 1.47 bits per heavy atom. The Balaban J connectivity index is 2.11. The smallest absolute Gasteiger partial charge is 0.407 e. The highest BCUT2D eigenvalue weighted by atomic mass is 16.6. The molecule has 32 heavy (non-hydrogen) atoms. The van der Waals surface area contributed by atoms with Crippen molar-refractivity contribution in [3.05, 3.63) is 59.7 Å². The first-order chi connectivity index (χ1) is 15.4. The van der Waals surface area contributed by atoms with Crippen molar-refractivity contribution in [3.63, 3.8) is 0 Å². The van der Waals surface area contributed by atoms with Crippen LogP contribution in [0.25, 0.3) is 0 Å². The highest BCUT2D eigenvalue weighted by Crippen LogP contribution is 2.29. The molecule has 1 atom stereocenters. The third-order valence-electron chi connectivity index (χ3n) is 5.11. The summed E-state index contributed by atoms with van der Waals surface area (Å²) in [7, 11) is 3.04. The summed E-state index contributed by atoms with van der Waals surface area (Å²) < 4.78 is 15.5. The molecule has 0 aliphatic rings. The second kappa shape index (κ2) is 12.7. The molecule has 8 nitrogen and oxygen atoms in total. The Morgan fingerprint density at radius 3 is 2.03 bits per heavy atom. The molecule has 0 radical (unpaired) electrons. The van der Waals surface area contributed by atoms with Crippen LogP contribution in [0.1, 0.15) is 41.6 Å². The van der Waals surface area contributed by atoms with Crippen LogP contribution in [-0.2, 0) is 10.3 Å². The summed E-state index contributed by atoms with van der Waals surface area (Å²) in [6.45, 7) is 0.557. The number of benzene rings is 2.